The molecule has 4 heterocycles. The number of likely N-dealkylation sites (N-methyl/N-ethyl adjacent to an activating group) is 1. The van der Waals surface area contributed by atoms with Gasteiger partial charge < -0.3 is 38.6 Å². The second-order valence-corrected chi connectivity index (χ2v) is 20.6. The van der Waals surface area contributed by atoms with Gasteiger partial charge in [-0.2, -0.15) is 0 Å². The summed E-state index contributed by atoms with van der Waals surface area (Å²) in [7, 11) is 5.91. The number of thioether (sulfide) groups is 1. The van der Waals surface area contributed by atoms with Crippen LogP contribution in [0, 0.1) is 17.8 Å². The van der Waals surface area contributed by atoms with E-state index in [9.17, 15) is 38.7 Å². The van der Waals surface area contributed by atoms with Crippen molar-refractivity contribution in [3.05, 3.63) is 46.5 Å². The van der Waals surface area contributed by atoms with E-state index < -0.39 is 76.8 Å². The Morgan fingerprint density at radius 2 is 1.79 bits per heavy atom. The first-order valence-corrected chi connectivity index (χ1v) is 24.3. The number of methoxy groups -OCH3 is 2. The summed E-state index contributed by atoms with van der Waals surface area (Å²) in [4.78, 5) is 96.8. The van der Waals surface area contributed by atoms with Crippen LogP contribution in [-0.2, 0) is 54.1 Å². The van der Waals surface area contributed by atoms with Crippen LogP contribution >= 0.6 is 23.4 Å². The number of hydrogen-bond acceptors (Lipinski definition) is 14. The molecule has 1 aromatic rings. The van der Waals surface area contributed by atoms with Gasteiger partial charge in [0.25, 0.3) is 0 Å². The normalized spacial score (nSPS) is 33.1. The highest BCUT2D eigenvalue weighted by atomic mass is 35.5. The van der Waals surface area contributed by atoms with E-state index in [-0.39, 0.29) is 65.9 Å². The van der Waals surface area contributed by atoms with Crippen molar-refractivity contribution in [2.75, 3.05) is 45.5 Å². The van der Waals surface area contributed by atoms with Gasteiger partial charge in [-0.1, -0.05) is 42.3 Å². The fourth-order valence-electron chi connectivity index (χ4n) is 9.67. The number of carbonyl (C=O) groups is 7. The molecule has 0 radical (unpaired) electrons. The minimum Gasteiger partial charge on any atom is -0.495 e. The average Bonchev–Trinajstić information content (AvgIpc) is 3.91. The van der Waals surface area contributed by atoms with Crippen LogP contribution in [0.25, 0.3) is 0 Å². The Morgan fingerprint density at radius 3 is 2.45 bits per heavy atom. The van der Waals surface area contributed by atoms with E-state index in [1.807, 2.05) is 13.0 Å². The van der Waals surface area contributed by atoms with Crippen molar-refractivity contribution < 1.29 is 62.4 Å². The molecule has 3 saturated heterocycles. The number of alkyl carbamates (subject to hydrolysis) is 1. The number of nitrogens with zero attached hydrogens (tertiary/aromatic N) is 3. The van der Waals surface area contributed by atoms with Gasteiger partial charge in [-0.15, -0.1) is 11.8 Å². The number of likely N-dealkylation sites (tertiary alicyclic amines) is 1. The number of esters is 1. The van der Waals surface area contributed by atoms with Crippen molar-refractivity contribution in [1.29, 1.82) is 0 Å². The first-order valence-electron chi connectivity index (χ1n) is 22.9. The number of aliphatic hydroxyl groups is 1. The van der Waals surface area contributed by atoms with E-state index >= 15 is 0 Å². The predicted molar refractivity (Wildman–Crippen MR) is 249 cm³/mol. The zero-order chi connectivity index (χ0) is 49.1. The Bertz CT molecular complexity index is 2160. The largest absolute Gasteiger partial charge is 0.495 e. The number of benzene rings is 1. The van der Waals surface area contributed by atoms with Crippen LogP contribution in [-0.4, -0.2) is 144 Å². The molecule has 0 aromatic heterocycles. The molecule has 4 aliphatic heterocycles. The van der Waals surface area contributed by atoms with Gasteiger partial charge in [0.2, 0.25) is 23.6 Å². The highest BCUT2D eigenvalue weighted by molar-refractivity contribution is 8.00. The van der Waals surface area contributed by atoms with Gasteiger partial charge in [-0.25, -0.2) is 9.59 Å². The van der Waals surface area contributed by atoms with Crippen molar-refractivity contribution in [3.63, 3.8) is 0 Å². The number of anilines is 1. The van der Waals surface area contributed by atoms with Crippen LogP contribution in [0.3, 0.4) is 0 Å². The maximum atomic E-state index is 14.3. The smallest absolute Gasteiger partial charge is 0.409 e. The first-order chi connectivity index (χ1) is 31.6. The molecule has 6 rings (SSSR count). The molecule has 5 aliphatic rings. The zero-order valence-corrected chi connectivity index (χ0v) is 41.4. The predicted octanol–water partition coefficient (Wildman–Crippen LogP) is 5.16. The molecule has 17 nitrogen and oxygen atoms in total. The number of Topliss-reactive ketones (excluding diaryl/α,β-unsaturated/α-hetero) is 1. The second-order valence-electron chi connectivity index (χ2n) is 18.9. The fourth-order valence-corrected chi connectivity index (χ4v) is 11.1. The van der Waals surface area contributed by atoms with Crippen molar-refractivity contribution in [3.8, 4) is 5.75 Å². The summed E-state index contributed by atoms with van der Waals surface area (Å²) < 4.78 is 29.4. The van der Waals surface area contributed by atoms with Crippen LogP contribution in [0.2, 0.25) is 5.02 Å². The lowest BCUT2D eigenvalue weighted by molar-refractivity contribution is -0.162. The number of nitrogens with one attached hydrogen (secondary N) is 1. The van der Waals surface area contributed by atoms with E-state index in [0.29, 0.717) is 24.4 Å². The summed E-state index contributed by atoms with van der Waals surface area (Å²) >= 11 is 8.04. The van der Waals surface area contributed by atoms with Crippen molar-refractivity contribution >= 4 is 70.5 Å². The molecule has 5 amide bonds. The number of amides is 5. The lowest BCUT2D eigenvalue weighted by Gasteiger charge is -2.42. The molecule has 9 atom stereocenters. The number of carbonyl (C=O) groups excluding carboxylic acids is 7. The molecular weight excluding hydrogens is 908 g/mol. The van der Waals surface area contributed by atoms with Crippen LogP contribution < -0.4 is 15.0 Å². The van der Waals surface area contributed by atoms with Gasteiger partial charge in [-0.05, 0) is 83.4 Å². The topological polar surface area (TPSA) is 211 Å². The van der Waals surface area contributed by atoms with Gasteiger partial charge in [0.1, 0.15) is 46.5 Å². The third-order valence-corrected chi connectivity index (χ3v) is 15.8. The maximum absolute atomic E-state index is 14.3. The summed E-state index contributed by atoms with van der Waals surface area (Å²) in [6, 6.07) is 2.43. The third kappa shape index (κ3) is 11.7. The van der Waals surface area contributed by atoms with Crippen molar-refractivity contribution in [2.24, 2.45) is 17.8 Å². The average molecular weight is 974 g/mol. The molecular formula is C48H65ClN4O13S. The zero-order valence-electron chi connectivity index (χ0n) is 39.8. The Balaban J connectivity index is 1.16. The number of hydrogen-bond donors (Lipinski definition) is 2. The number of allylic oxidation sites excluding steroid dienone is 3. The van der Waals surface area contributed by atoms with Gasteiger partial charge >= 0.3 is 12.1 Å². The Hall–Kier alpha value is -4.49. The highest BCUT2D eigenvalue weighted by Gasteiger charge is 2.64. The van der Waals surface area contributed by atoms with Crippen LogP contribution in [0.5, 0.6) is 5.75 Å². The maximum Gasteiger partial charge on any atom is 0.409 e. The van der Waals surface area contributed by atoms with Gasteiger partial charge in [0, 0.05) is 64.6 Å². The molecule has 67 heavy (non-hydrogen) atoms. The number of rotatable bonds is 12. The van der Waals surface area contributed by atoms with Gasteiger partial charge in [0.15, 0.2) is 5.72 Å². The molecule has 1 saturated carbocycles. The van der Waals surface area contributed by atoms with E-state index in [0.717, 1.165) is 36.8 Å². The van der Waals surface area contributed by atoms with Gasteiger partial charge in [0.05, 0.1) is 30.6 Å². The summed E-state index contributed by atoms with van der Waals surface area (Å²) in [6.07, 6.45) is 3.60. The Kier molecular flexibility index (Phi) is 16.6. The fraction of sp³-hybridized carbons (Fsp3) is 0.646. The molecule has 19 heteroatoms. The lowest BCUT2D eigenvalue weighted by atomic mass is 9.80. The first kappa shape index (κ1) is 51.9. The SMILES string of the molecule is COc1cc2cc(c1Cl)N(C)C(=O)C[C@H](OC(=O)[C@H](C)N(C)C(=O)CCS[C@H]1CC(=O)N(CC3CCC(C(C)=O)CC3)C1=O)[C@]1(C)O[C@H]1[C@H](C)[C@@H]1C[C@@](O)(NC(=O)O1)[C@H](OC)/C=C/C=C(\C)C2. The molecule has 1 aromatic carbocycles. The standard InChI is InChI=1S/C48H65ClN4O13S/c1-26-11-10-12-37(63-9)48(61)24-35(64-46(60)50-48)27(2)43-47(5,66-43)38(23-40(56)52(7)33-20-31(19-26)21-34(62-8)42(33)49)65-45(59)28(3)51(6)39(55)17-18-67-36-22-41(57)53(44(36)58)25-30-13-15-32(16-14-30)29(4)54/h10-12,20-21,27-28,30,32,35-38,43,61H,13-19,22-25H2,1-9H3,(H,50,60)/b12-10+,26-11+/t27-,28+,30?,32?,35+,36+,37-,38+,43+,47+,48+/m1/s1. The summed E-state index contributed by atoms with van der Waals surface area (Å²) in [5.41, 5.74) is -1.13. The minimum absolute atomic E-state index is 0.0292. The molecule has 4 fully saturated rings. The van der Waals surface area contributed by atoms with Crippen LogP contribution in [0.4, 0.5) is 10.5 Å². The number of ether oxygens (including phenoxy) is 5. The van der Waals surface area contributed by atoms with Crippen LogP contribution in [0.1, 0.15) is 91.5 Å². The summed E-state index contributed by atoms with van der Waals surface area (Å²) in [5, 5.41) is 13.9. The number of halogens is 1. The summed E-state index contributed by atoms with van der Waals surface area (Å²) in [5.74, 6) is -1.84. The Morgan fingerprint density at radius 1 is 1.09 bits per heavy atom. The van der Waals surface area contributed by atoms with E-state index in [4.69, 9.17) is 35.3 Å². The van der Waals surface area contributed by atoms with Crippen molar-refractivity contribution in [1.82, 2.24) is 15.1 Å². The third-order valence-electron chi connectivity index (χ3n) is 14.2. The Labute approximate surface area is 401 Å². The van der Waals surface area contributed by atoms with E-state index in [1.54, 1.807) is 52.1 Å². The van der Waals surface area contributed by atoms with Crippen molar-refractivity contribution in [2.45, 2.75) is 139 Å². The number of ketones is 1. The molecule has 4 bridgehead atoms. The minimum atomic E-state index is -1.87. The van der Waals surface area contributed by atoms with E-state index in [2.05, 4.69) is 5.32 Å². The molecule has 2 N–H and O–H groups in total. The lowest BCUT2D eigenvalue weighted by Crippen LogP contribution is -2.63. The van der Waals surface area contributed by atoms with Gasteiger partial charge in [-0.3, -0.25) is 34.2 Å². The van der Waals surface area contributed by atoms with Crippen LogP contribution in [0.15, 0.2) is 35.9 Å². The molecule has 0 spiro atoms. The monoisotopic (exact) mass is 972 g/mol. The van der Waals surface area contributed by atoms with E-state index in [1.165, 1.54) is 54.7 Å². The summed E-state index contributed by atoms with van der Waals surface area (Å²) in [6.45, 7) is 8.82. The second kappa shape index (κ2) is 21.4. The molecule has 368 valence electrons. The molecule has 0 unspecified atom stereocenters. The number of fused-ring (bicyclic) bond motifs is 5. The quantitative estimate of drug-likeness (QED) is 0.158. The molecule has 1 aliphatic carbocycles. The number of imide groups is 1. The highest BCUT2D eigenvalue weighted by Crippen LogP contribution is 2.49. The number of epoxide rings is 1.